The van der Waals surface area contributed by atoms with Gasteiger partial charge >= 0.3 is 6.61 Å². The molecule has 0 spiro atoms. The molecule has 7 nitrogen and oxygen atoms in total. The number of halogens is 4. The van der Waals surface area contributed by atoms with Crippen molar-refractivity contribution in [3.8, 4) is 11.8 Å². The van der Waals surface area contributed by atoms with Crippen molar-refractivity contribution in [2.24, 2.45) is 7.05 Å². The predicted octanol–water partition coefficient (Wildman–Crippen LogP) is 3.68. The van der Waals surface area contributed by atoms with E-state index in [2.05, 4.69) is 15.0 Å². The van der Waals surface area contributed by atoms with Crippen molar-refractivity contribution < 1.29 is 36.6 Å². The maximum Gasteiger partial charge on any atom is 0.387 e. The van der Waals surface area contributed by atoms with E-state index in [0.717, 1.165) is 12.8 Å². The monoisotopic (exact) mass is 447 g/mol. The Morgan fingerprint density at radius 2 is 1.90 bits per heavy atom. The van der Waals surface area contributed by atoms with Crippen LogP contribution in [0.2, 0.25) is 0 Å². The van der Waals surface area contributed by atoms with Crippen molar-refractivity contribution in [2.75, 3.05) is 6.61 Å². The highest BCUT2D eigenvalue weighted by molar-refractivity contribution is 5.80. The van der Waals surface area contributed by atoms with Crippen molar-refractivity contribution in [1.29, 1.82) is 0 Å². The number of fused-ring (bicyclic) bond motifs is 1. The predicted molar refractivity (Wildman–Crippen MR) is 103 cm³/mol. The molecule has 1 fully saturated rings. The summed E-state index contributed by atoms with van der Waals surface area (Å²) >= 11 is 0. The Bertz CT molecular complexity index is 929. The molecule has 1 atom stereocenters. The van der Waals surface area contributed by atoms with Gasteiger partial charge in [-0.15, -0.1) is 0 Å². The van der Waals surface area contributed by atoms with Crippen LogP contribution in [-0.4, -0.2) is 46.9 Å². The molecular formula is C20H25F4N3O4. The molecule has 1 aromatic heterocycles. The Morgan fingerprint density at radius 1 is 1.26 bits per heavy atom. The minimum absolute atomic E-state index is 0.00866. The third-order valence-electron chi connectivity index (χ3n) is 5.10. The Labute approximate surface area is 176 Å². The van der Waals surface area contributed by atoms with E-state index in [1.165, 1.54) is 18.5 Å². The van der Waals surface area contributed by atoms with Gasteiger partial charge in [0.05, 0.1) is 12.7 Å². The summed E-state index contributed by atoms with van der Waals surface area (Å²) in [5.41, 5.74) is -0.629. The van der Waals surface area contributed by atoms with Crippen LogP contribution in [-0.2, 0) is 16.6 Å². The quantitative estimate of drug-likeness (QED) is 0.625. The van der Waals surface area contributed by atoms with Crippen molar-refractivity contribution in [3.63, 3.8) is 0 Å². The molecule has 11 heteroatoms. The molecule has 0 bridgehead atoms. The van der Waals surface area contributed by atoms with Crippen molar-refractivity contribution in [2.45, 2.75) is 64.4 Å². The standard InChI is InChI=1S/C20H25F4N3O4/c1-10(25-11(2)28)9-29-12-4-6-13(7-5-12)30-20-26-17-14(21)8-15(31-19(23)24)16(22)18(17)27(20)3/h8,10,12-13,19H,4-7,9H2,1-3H3,(H,25,28)/t10-,12?,13?/m0/s1. The number of amides is 1. The molecule has 0 radical (unpaired) electrons. The summed E-state index contributed by atoms with van der Waals surface area (Å²) < 4.78 is 70.6. The number of imidazole rings is 1. The molecule has 2 aromatic rings. The summed E-state index contributed by atoms with van der Waals surface area (Å²) in [5.74, 6) is -3.12. The van der Waals surface area contributed by atoms with Crippen LogP contribution < -0.4 is 14.8 Å². The second-order valence-electron chi connectivity index (χ2n) is 7.65. The largest absolute Gasteiger partial charge is 0.461 e. The fourth-order valence-electron chi connectivity index (χ4n) is 3.68. The van der Waals surface area contributed by atoms with Crippen molar-refractivity contribution in [3.05, 3.63) is 17.7 Å². The SMILES string of the molecule is CC(=O)N[C@@H](C)COC1CCC(Oc2nc3c(F)cc(OC(F)F)c(F)c3n2C)CC1. The second kappa shape index (κ2) is 9.71. The molecule has 1 aromatic carbocycles. The lowest BCUT2D eigenvalue weighted by Crippen LogP contribution is -2.37. The van der Waals surface area contributed by atoms with Gasteiger partial charge in [0.15, 0.2) is 17.4 Å². The number of carbonyl (C=O) groups excluding carboxylic acids is 1. The van der Waals surface area contributed by atoms with Crippen LogP contribution >= 0.6 is 0 Å². The van der Waals surface area contributed by atoms with Crippen LogP contribution in [0.5, 0.6) is 11.8 Å². The lowest BCUT2D eigenvalue weighted by molar-refractivity contribution is -0.120. The number of rotatable bonds is 8. The van der Waals surface area contributed by atoms with Gasteiger partial charge in [-0.05, 0) is 32.6 Å². The van der Waals surface area contributed by atoms with Gasteiger partial charge in [-0.1, -0.05) is 0 Å². The molecule has 0 unspecified atom stereocenters. The zero-order valence-electron chi connectivity index (χ0n) is 17.5. The lowest BCUT2D eigenvalue weighted by atomic mass is 9.95. The maximum atomic E-state index is 14.6. The third kappa shape index (κ3) is 5.57. The molecule has 1 N–H and O–H groups in total. The van der Waals surface area contributed by atoms with E-state index in [9.17, 15) is 22.4 Å². The van der Waals surface area contributed by atoms with Gasteiger partial charge in [0.25, 0.3) is 6.01 Å². The van der Waals surface area contributed by atoms with E-state index in [4.69, 9.17) is 9.47 Å². The molecular weight excluding hydrogens is 422 g/mol. The van der Waals surface area contributed by atoms with E-state index < -0.39 is 24.0 Å². The van der Waals surface area contributed by atoms with Crippen LogP contribution in [0.4, 0.5) is 17.6 Å². The van der Waals surface area contributed by atoms with Gasteiger partial charge < -0.3 is 19.5 Å². The summed E-state index contributed by atoms with van der Waals surface area (Å²) in [6.45, 7) is 0.429. The average molecular weight is 447 g/mol. The minimum Gasteiger partial charge on any atom is -0.461 e. The first-order valence-electron chi connectivity index (χ1n) is 10.00. The molecule has 172 valence electrons. The number of nitrogens with zero attached hydrogens (tertiary/aromatic N) is 2. The number of carbonyl (C=O) groups is 1. The highest BCUT2D eigenvalue weighted by Gasteiger charge is 2.27. The maximum absolute atomic E-state index is 14.6. The normalized spacial score (nSPS) is 20.1. The molecule has 1 aliphatic carbocycles. The van der Waals surface area contributed by atoms with Crippen molar-refractivity contribution in [1.82, 2.24) is 14.9 Å². The van der Waals surface area contributed by atoms with Crippen LogP contribution in [0.3, 0.4) is 0 Å². The van der Waals surface area contributed by atoms with Crippen LogP contribution in [0.25, 0.3) is 11.0 Å². The van der Waals surface area contributed by atoms with Crippen LogP contribution in [0.15, 0.2) is 6.07 Å². The fourth-order valence-corrected chi connectivity index (χ4v) is 3.68. The van der Waals surface area contributed by atoms with Gasteiger partial charge in [-0.3, -0.25) is 9.36 Å². The number of nitrogens with one attached hydrogen (secondary N) is 1. The first-order chi connectivity index (χ1) is 14.7. The number of ether oxygens (including phenoxy) is 3. The summed E-state index contributed by atoms with van der Waals surface area (Å²) in [6, 6.07) is 0.450. The molecule has 1 saturated carbocycles. The lowest BCUT2D eigenvalue weighted by Gasteiger charge is -2.29. The molecule has 1 heterocycles. The first-order valence-corrected chi connectivity index (χ1v) is 10.00. The van der Waals surface area contributed by atoms with Gasteiger partial charge in [-0.2, -0.15) is 13.8 Å². The Kier molecular flexibility index (Phi) is 7.24. The third-order valence-corrected chi connectivity index (χ3v) is 5.10. The van der Waals surface area contributed by atoms with Crippen LogP contribution in [0, 0.1) is 11.6 Å². The minimum atomic E-state index is -3.28. The summed E-state index contributed by atoms with van der Waals surface area (Å²) in [5, 5.41) is 2.75. The zero-order valence-corrected chi connectivity index (χ0v) is 17.5. The van der Waals surface area contributed by atoms with Gasteiger partial charge in [0, 0.05) is 26.1 Å². The second-order valence-corrected chi connectivity index (χ2v) is 7.65. The first kappa shape index (κ1) is 23.1. The van der Waals surface area contributed by atoms with E-state index in [0.29, 0.717) is 25.5 Å². The molecule has 3 rings (SSSR count). The number of hydrogen-bond acceptors (Lipinski definition) is 5. The van der Waals surface area contributed by atoms with Gasteiger partial charge in [-0.25, -0.2) is 8.78 Å². The topological polar surface area (TPSA) is 74.6 Å². The van der Waals surface area contributed by atoms with E-state index in [1.54, 1.807) is 0 Å². The highest BCUT2D eigenvalue weighted by atomic mass is 19.3. The molecule has 0 saturated heterocycles. The van der Waals surface area contributed by atoms with E-state index in [-0.39, 0.29) is 41.2 Å². The Balaban J connectivity index is 1.63. The summed E-state index contributed by atoms with van der Waals surface area (Å²) in [6.07, 6.45) is 2.53. The average Bonchev–Trinajstić information content (AvgIpc) is 3.01. The molecule has 31 heavy (non-hydrogen) atoms. The van der Waals surface area contributed by atoms with E-state index >= 15 is 0 Å². The van der Waals surface area contributed by atoms with Gasteiger partial charge in [0.1, 0.15) is 17.1 Å². The van der Waals surface area contributed by atoms with Gasteiger partial charge in [0.2, 0.25) is 5.91 Å². The molecule has 1 amide bonds. The zero-order chi connectivity index (χ0) is 22.7. The number of aryl methyl sites for hydroxylation is 1. The molecule has 0 aliphatic heterocycles. The number of hydrogen-bond donors (Lipinski definition) is 1. The Hall–Kier alpha value is -2.56. The van der Waals surface area contributed by atoms with E-state index in [1.807, 2.05) is 6.92 Å². The summed E-state index contributed by atoms with van der Waals surface area (Å²) in [7, 11) is 1.41. The summed E-state index contributed by atoms with van der Waals surface area (Å²) in [4.78, 5) is 15.0. The molecule has 1 aliphatic rings. The van der Waals surface area contributed by atoms with Crippen molar-refractivity contribution >= 4 is 16.9 Å². The smallest absolute Gasteiger partial charge is 0.387 e. The Morgan fingerprint density at radius 3 is 2.52 bits per heavy atom. The number of aromatic nitrogens is 2. The highest BCUT2D eigenvalue weighted by Crippen LogP contribution is 2.33. The number of benzene rings is 1. The fraction of sp³-hybridized carbons (Fsp3) is 0.600. The number of alkyl halides is 2. The van der Waals surface area contributed by atoms with Crippen LogP contribution in [0.1, 0.15) is 39.5 Å².